The Hall–Kier alpha value is -2.12. The zero-order valence-corrected chi connectivity index (χ0v) is 14.3. The molecule has 24 heavy (non-hydrogen) atoms. The lowest BCUT2D eigenvalue weighted by atomic mass is 10.2. The van der Waals surface area contributed by atoms with Crippen LogP contribution in [-0.4, -0.2) is 66.2 Å². The lowest BCUT2D eigenvalue weighted by molar-refractivity contribution is -0.116. The van der Waals surface area contributed by atoms with Crippen LogP contribution in [0.1, 0.15) is 19.8 Å². The van der Waals surface area contributed by atoms with Gasteiger partial charge >= 0.3 is 6.03 Å². The second-order valence-corrected chi connectivity index (χ2v) is 6.07. The van der Waals surface area contributed by atoms with Crippen LogP contribution in [0, 0.1) is 0 Å². The van der Waals surface area contributed by atoms with Gasteiger partial charge in [-0.3, -0.25) is 9.69 Å². The van der Waals surface area contributed by atoms with E-state index in [4.69, 9.17) is 0 Å². The van der Waals surface area contributed by atoms with Crippen molar-refractivity contribution in [2.24, 2.45) is 0 Å². The molecule has 1 fully saturated rings. The minimum Gasteiger partial charge on any atom is -0.395 e. The van der Waals surface area contributed by atoms with Crippen molar-refractivity contribution in [2.45, 2.75) is 25.8 Å². The third kappa shape index (κ3) is 4.94. The first-order valence-corrected chi connectivity index (χ1v) is 8.30. The van der Waals surface area contributed by atoms with Crippen LogP contribution in [0.4, 0.5) is 16.2 Å². The van der Waals surface area contributed by atoms with Crippen LogP contribution in [-0.2, 0) is 4.79 Å². The van der Waals surface area contributed by atoms with Crippen molar-refractivity contribution in [1.82, 2.24) is 9.80 Å². The highest BCUT2D eigenvalue weighted by Gasteiger charge is 2.26. The normalized spacial score (nSPS) is 18.3. The van der Waals surface area contributed by atoms with Gasteiger partial charge in [0, 0.05) is 37.4 Å². The van der Waals surface area contributed by atoms with Gasteiger partial charge in [0.05, 0.1) is 12.6 Å². The molecule has 3 N–H and O–H groups in total. The average molecular weight is 334 g/mol. The molecule has 1 heterocycles. The largest absolute Gasteiger partial charge is 0.395 e. The summed E-state index contributed by atoms with van der Waals surface area (Å²) in [6, 6.07) is 6.87. The van der Waals surface area contributed by atoms with E-state index in [0.717, 1.165) is 13.0 Å². The summed E-state index contributed by atoms with van der Waals surface area (Å²) in [5.41, 5.74) is 1.30. The predicted octanol–water partition coefficient (Wildman–Crippen LogP) is 1.57. The molecule has 0 aliphatic carbocycles. The number of benzene rings is 1. The summed E-state index contributed by atoms with van der Waals surface area (Å²) in [4.78, 5) is 27.8. The van der Waals surface area contributed by atoms with E-state index in [9.17, 15) is 14.7 Å². The summed E-state index contributed by atoms with van der Waals surface area (Å²) >= 11 is 0. The van der Waals surface area contributed by atoms with E-state index < -0.39 is 0 Å². The lowest BCUT2D eigenvalue weighted by Crippen LogP contribution is -2.55. The Bertz CT molecular complexity index is 579. The Morgan fingerprint density at radius 3 is 2.62 bits per heavy atom. The number of aliphatic hydroxyl groups is 1. The monoisotopic (exact) mass is 334 g/mol. The summed E-state index contributed by atoms with van der Waals surface area (Å²) in [5, 5.41) is 15.0. The molecule has 1 unspecified atom stereocenters. The Kier molecular flexibility index (Phi) is 6.57. The Morgan fingerprint density at radius 2 is 1.96 bits per heavy atom. The molecule has 2 rings (SSSR count). The molecule has 1 saturated heterocycles. The van der Waals surface area contributed by atoms with Crippen LogP contribution in [0.15, 0.2) is 24.3 Å². The number of hydrogen-bond donors (Lipinski definition) is 3. The average Bonchev–Trinajstić information content (AvgIpc) is 2.55. The first kappa shape index (κ1) is 18.2. The number of nitrogens with one attached hydrogen (secondary N) is 2. The zero-order chi connectivity index (χ0) is 17.5. The van der Waals surface area contributed by atoms with E-state index >= 15 is 0 Å². The molecule has 1 aliphatic heterocycles. The fraction of sp³-hybridized carbons (Fsp3) is 0.529. The van der Waals surface area contributed by atoms with Crippen LogP contribution in [0.5, 0.6) is 0 Å². The maximum absolute atomic E-state index is 12.4. The van der Waals surface area contributed by atoms with Crippen molar-refractivity contribution in [3.8, 4) is 0 Å². The summed E-state index contributed by atoms with van der Waals surface area (Å²) in [5.74, 6) is -0.0363. The zero-order valence-electron chi connectivity index (χ0n) is 14.3. The summed E-state index contributed by atoms with van der Waals surface area (Å²) in [7, 11) is 1.94. The third-order valence-corrected chi connectivity index (χ3v) is 4.15. The van der Waals surface area contributed by atoms with Gasteiger partial charge in [0.1, 0.15) is 0 Å². The Labute approximate surface area is 142 Å². The third-order valence-electron chi connectivity index (χ3n) is 4.15. The molecule has 0 aromatic heterocycles. The van der Waals surface area contributed by atoms with E-state index in [1.807, 2.05) is 18.9 Å². The van der Waals surface area contributed by atoms with Gasteiger partial charge in [-0.1, -0.05) is 13.0 Å². The van der Waals surface area contributed by atoms with Gasteiger partial charge in [-0.15, -0.1) is 0 Å². The highest BCUT2D eigenvalue weighted by molar-refractivity contribution is 5.93. The lowest BCUT2D eigenvalue weighted by Gasteiger charge is -2.38. The molecular formula is C17H26N4O3. The van der Waals surface area contributed by atoms with Gasteiger partial charge in [-0.2, -0.15) is 0 Å². The second kappa shape index (κ2) is 8.65. The molecular weight excluding hydrogens is 308 g/mol. The van der Waals surface area contributed by atoms with Crippen molar-refractivity contribution in [3.05, 3.63) is 24.3 Å². The molecule has 0 saturated carbocycles. The molecule has 1 aromatic rings. The second-order valence-electron chi connectivity index (χ2n) is 6.07. The number of rotatable bonds is 5. The number of hydrogen-bond acceptors (Lipinski definition) is 4. The highest BCUT2D eigenvalue weighted by atomic mass is 16.3. The van der Waals surface area contributed by atoms with Crippen LogP contribution in [0.2, 0.25) is 0 Å². The number of amides is 3. The minimum atomic E-state index is -0.196. The maximum Gasteiger partial charge on any atom is 0.321 e. The number of nitrogens with zero attached hydrogens (tertiary/aromatic N) is 2. The molecule has 7 heteroatoms. The van der Waals surface area contributed by atoms with E-state index in [0.29, 0.717) is 30.9 Å². The fourth-order valence-electron chi connectivity index (χ4n) is 2.66. The van der Waals surface area contributed by atoms with Gasteiger partial charge in [-0.25, -0.2) is 4.79 Å². The number of urea groups is 1. The standard InChI is InChI=1S/C17H26N4O3/c1-3-5-16(23)18-13-6-4-7-14(10-13)19-17(24)21-9-8-20(2)15(11-21)12-22/h4,6-7,10,15,22H,3,5,8-9,11-12H2,1-2H3,(H,18,23)(H,19,24). The van der Waals surface area contributed by atoms with Gasteiger partial charge in [0.2, 0.25) is 5.91 Å². The summed E-state index contributed by atoms with van der Waals surface area (Å²) in [6.07, 6.45) is 1.26. The topological polar surface area (TPSA) is 84.9 Å². The van der Waals surface area contributed by atoms with E-state index in [-0.39, 0.29) is 24.6 Å². The van der Waals surface area contributed by atoms with Gasteiger partial charge < -0.3 is 20.6 Å². The minimum absolute atomic E-state index is 0.0270. The Balaban J connectivity index is 1.95. The maximum atomic E-state index is 12.4. The van der Waals surface area contributed by atoms with Crippen molar-refractivity contribution >= 4 is 23.3 Å². The number of anilines is 2. The Morgan fingerprint density at radius 1 is 1.25 bits per heavy atom. The van der Waals surface area contributed by atoms with E-state index in [1.165, 1.54) is 0 Å². The summed E-state index contributed by atoms with van der Waals surface area (Å²) < 4.78 is 0. The smallest absolute Gasteiger partial charge is 0.321 e. The molecule has 1 aromatic carbocycles. The van der Waals surface area contributed by atoms with Crippen molar-refractivity contribution < 1.29 is 14.7 Å². The van der Waals surface area contributed by atoms with E-state index in [2.05, 4.69) is 10.6 Å². The first-order valence-electron chi connectivity index (χ1n) is 8.30. The van der Waals surface area contributed by atoms with Crippen molar-refractivity contribution in [2.75, 3.05) is 43.9 Å². The van der Waals surface area contributed by atoms with Crippen molar-refractivity contribution in [3.63, 3.8) is 0 Å². The molecule has 132 valence electrons. The van der Waals surface area contributed by atoms with Crippen LogP contribution in [0.3, 0.4) is 0 Å². The highest BCUT2D eigenvalue weighted by Crippen LogP contribution is 2.17. The fourth-order valence-corrected chi connectivity index (χ4v) is 2.66. The predicted molar refractivity (Wildman–Crippen MR) is 94.1 cm³/mol. The quantitative estimate of drug-likeness (QED) is 0.763. The van der Waals surface area contributed by atoms with Crippen molar-refractivity contribution in [1.29, 1.82) is 0 Å². The first-order chi connectivity index (χ1) is 11.5. The molecule has 7 nitrogen and oxygen atoms in total. The number of likely N-dealkylation sites (N-methyl/N-ethyl adjacent to an activating group) is 1. The number of carbonyl (C=O) groups is 2. The molecule has 3 amide bonds. The van der Waals surface area contributed by atoms with Gasteiger partial charge in [0.25, 0.3) is 0 Å². The molecule has 1 aliphatic rings. The SMILES string of the molecule is CCCC(=O)Nc1cccc(NC(=O)N2CCN(C)C(CO)C2)c1. The number of carbonyl (C=O) groups excluding carboxylic acids is 2. The van der Waals surface area contributed by atoms with E-state index in [1.54, 1.807) is 29.2 Å². The van der Waals surface area contributed by atoms with Crippen LogP contribution < -0.4 is 10.6 Å². The molecule has 1 atom stereocenters. The molecule has 0 radical (unpaired) electrons. The van der Waals surface area contributed by atoms with Crippen LogP contribution >= 0.6 is 0 Å². The summed E-state index contributed by atoms with van der Waals surface area (Å²) in [6.45, 7) is 3.81. The molecule has 0 bridgehead atoms. The van der Waals surface area contributed by atoms with Gasteiger partial charge in [-0.05, 0) is 31.7 Å². The number of piperazine rings is 1. The van der Waals surface area contributed by atoms with Gasteiger partial charge in [0.15, 0.2) is 0 Å². The van der Waals surface area contributed by atoms with Crippen LogP contribution in [0.25, 0.3) is 0 Å². The number of aliphatic hydroxyl groups excluding tert-OH is 1. The molecule has 0 spiro atoms.